The number of esters is 1. The molecule has 0 aromatic heterocycles. The lowest BCUT2D eigenvalue weighted by Crippen LogP contribution is -2.45. The zero-order valence-electron chi connectivity index (χ0n) is 12.8. The molecule has 0 bridgehead atoms. The van der Waals surface area contributed by atoms with E-state index in [2.05, 4.69) is 12.1 Å². The van der Waals surface area contributed by atoms with Gasteiger partial charge in [0.2, 0.25) is 5.60 Å². The molecular formula is C16H24O4P+. The Hall–Kier alpha value is -1.25. The summed E-state index contributed by atoms with van der Waals surface area (Å²) < 4.78 is 21.9. The molecule has 0 amide bonds. The minimum Gasteiger partial charge on any atom is -0.464 e. The molecule has 2 atom stereocenters. The number of carbonyl (C=O) groups is 1. The maximum Gasteiger partial charge on any atom is 0.342 e. The van der Waals surface area contributed by atoms with Crippen molar-refractivity contribution < 1.29 is 18.8 Å². The minimum absolute atomic E-state index is 0.189. The molecule has 0 aliphatic heterocycles. The van der Waals surface area contributed by atoms with Gasteiger partial charge >= 0.3 is 14.4 Å². The van der Waals surface area contributed by atoms with Gasteiger partial charge in [-0.2, -0.15) is 0 Å². The summed E-state index contributed by atoms with van der Waals surface area (Å²) in [5.41, 5.74) is 0.149. The molecule has 0 saturated carbocycles. The Morgan fingerprint density at radius 3 is 2.48 bits per heavy atom. The molecule has 0 N–H and O–H groups in total. The van der Waals surface area contributed by atoms with Gasteiger partial charge in [-0.05, 0) is 38.7 Å². The third-order valence-electron chi connectivity index (χ3n) is 3.31. The van der Waals surface area contributed by atoms with Gasteiger partial charge in [0.25, 0.3) is 0 Å². The van der Waals surface area contributed by atoms with Crippen molar-refractivity contribution in [3.63, 3.8) is 0 Å². The predicted molar refractivity (Wildman–Crippen MR) is 84.2 cm³/mol. The highest BCUT2D eigenvalue weighted by Crippen LogP contribution is 2.26. The molecule has 116 valence electrons. The molecule has 0 fully saturated rings. The van der Waals surface area contributed by atoms with E-state index in [-0.39, 0.29) is 6.16 Å². The molecule has 1 aromatic rings. The molecule has 0 aliphatic rings. The van der Waals surface area contributed by atoms with Crippen LogP contribution in [0.1, 0.15) is 32.3 Å². The Labute approximate surface area is 128 Å². The number of carbonyl (C=O) groups excluding carboxylic acids is 1. The van der Waals surface area contributed by atoms with Crippen molar-refractivity contribution in [3.05, 3.63) is 35.9 Å². The molecular weight excluding hydrogens is 287 g/mol. The maximum absolute atomic E-state index is 12.2. The number of rotatable bonds is 10. The van der Waals surface area contributed by atoms with Gasteiger partial charge in [0.05, 0.1) is 6.61 Å². The second kappa shape index (κ2) is 9.64. The number of hydrogen-bond donors (Lipinski definition) is 0. The van der Waals surface area contributed by atoms with E-state index < -0.39 is 20.0 Å². The van der Waals surface area contributed by atoms with Gasteiger partial charge < -0.3 is 9.47 Å². The second-order valence-corrected chi connectivity index (χ2v) is 5.45. The van der Waals surface area contributed by atoms with E-state index in [0.29, 0.717) is 19.6 Å². The summed E-state index contributed by atoms with van der Waals surface area (Å²) >= 11 is 0. The van der Waals surface area contributed by atoms with E-state index in [1.165, 1.54) is 5.56 Å². The lowest BCUT2D eigenvalue weighted by molar-refractivity contribution is -0.169. The molecule has 0 radical (unpaired) electrons. The van der Waals surface area contributed by atoms with Crippen molar-refractivity contribution >= 4 is 14.4 Å². The number of aryl methyl sites for hydroxylation is 1. The average molecular weight is 311 g/mol. The van der Waals surface area contributed by atoms with Crippen molar-refractivity contribution in [2.24, 2.45) is 0 Å². The van der Waals surface area contributed by atoms with Crippen LogP contribution in [0.3, 0.4) is 0 Å². The summed E-state index contributed by atoms with van der Waals surface area (Å²) in [5, 5.41) is 0. The second-order valence-electron chi connectivity index (χ2n) is 4.81. The Bertz CT molecular complexity index is 435. The lowest BCUT2D eigenvalue weighted by atomic mass is 9.96. The summed E-state index contributed by atoms with van der Waals surface area (Å²) in [7, 11) is -0.582. The van der Waals surface area contributed by atoms with E-state index in [1.807, 2.05) is 25.1 Å². The molecule has 21 heavy (non-hydrogen) atoms. The van der Waals surface area contributed by atoms with Crippen LogP contribution in [0.4, 0.5) is 0 Å². The molecule has 0 heterocycles. The first-order valence-corrected chi connectivity index (χ1v) is 8.50. The van der Waals surface area contributed by atoms with Gasteiger partial charge in [-0.3, -0.25) is 0 Å². The first-order chi connectivity index (χ1) is 10.2. The lowest BCUT2D eigenvalue weighted by Gasteiger charge is -2.26. The van der Waals surface area contributed by atoms with Crippen molar-refractivity contribution in [1.82, 2.24) is 0 Å². The topological polar surface area (TPSA) is 52.6 Å². The van der Waals surface area contributed by atoms with Crippen LogP contribution in [0.2, 0.25) is 0 Å². The minimum atomic E-state index is -1.07. The van der Waals surface area contributed by atoms with Gasteiger partial charge in [0.15, 0.2) is 6.16 Å². The van der Waals surface area contributed by atoms with Crippen LogP contribution in [-0.2, 0) is 25.3 Å². The molecule has 0 spiro atoms. The monoisotopic (exact) mass is 311 g/mol. The molecule has 0 aliphatic carbocycles. The predicted octanol–water partition coefficient (Wildman–Crippen LogP) is 3.37. The summed E-state index contributed by atoms with van der Waals surface area (Å²) in [4.78, 5) is 12.2. The van der Waals surface area contributed by atoms with Crippen molar-refractivity contribution in [3.8, 4) is 0 Å². The van der Waals surface area contributed by atoms with Crippen molar-refractivity contribution in [2.45, 2.75) is 38.7 Å². The third-order valence-corrected chi connectivity index (χ3v) is 4.03. The molecule has 5 heteroatoms. The highest BCUT2D eigenvalue weighted by atomic mass is 31.1. The van der Waals surface area contributed by atoms with Crippen LogP contribution in [0.25, 0.3) is 0 Å². The zero-order chi connectivity index (χ0) is 15.6. The van der Waals surface area contributed by atoms with E-state index in [9.17, 15) is 9.36 Å². The van der Waals surface area contributed by atoms with E-state index in [1.54, 1.807) is 6.92 Å². The summed E-state index contributed by atoms with van der Waals surface area (Å²) in [6.07, 6.45) is 2.35. The van der Waals surface area contributed by atoms with Gasteiger partial charge in [0, 0.05) is 6.61 Å². The van der Waals surface area contributed by atoms with E-state index in [4.69, 9.17) is 9.47 Å². The zero-order valence-corrected chi connectivity index (χ0v) is 13.8. The number of ether oxygens (including phenoxy) is 2. The fourth-order valence-electron chi connectivity index (χ4n) is 2.32. The molecule has 4 nitrogen and oxygen atoms in total. The van der Waals surface area contributed by atoms with E-state index in [0.717, 1.165) is 12.8 Å². The molecule has 2 unspecified atom stereocenters. The quantitative estimate of drug-likeness (QED) is 0.491. The van der Waals surface area contributed by atoms with Gasteiger partial charge in [0.1, 0.15) is 0 Å². The fourth-order valence-corrected chi connectivity index (χ4v) is 2.98. The SMILES string of the molecule is CCOC(=O)C(CCCc1ccccc1)(C[PH+]=O)OCC. The molecule has 0 saturated heterocycles. The van der Waals surface area contributed by atoms with Crippen LogP contribution in [-0.4, -0.2) is 30.9 Å². The van der Waals surface area contributed by atoms with Crippen LogP contribution in [0.15, 0.2) is 30.3 Å². The van der Waals surface area contributed by atoms with Gasteiger partial charge in [-0.25, -0.2) is 4.79 Å². The molecule has 1 aromatic carbocycles. The van der Waals surface area contributed by atoms with Crippen molar-refractivity contribution in [2.75, 3.05) is 19.4 Å². The molecule has 1 rings (SSSR count). The largest absolute Gasteiger partial charge is 0.464 e. The Balaban J connectivity index is 2.70. The first-order valence-electron chi connectivity index (χ1n) is 7.38. The van der Waals surface area contributed by atoms with Gasteiger partial charge in [-0.1, -0.05) is 34.9 Å². The first kappa shape index (κ1) is 17.8. The van der Waals surface area contributed by atoms with Crippen LogP contribution >= 0.6 is 8.46 Å². The number of hydrogen-bond acceptors (Lipinski definition) is 4. The highest BCUT2D eigenvalue weighted by molar-refractivity contribution is 7.23. The van der Waals surface area contributed by atoms with Crippen LogP contribution in [0.5, 0.6) is 0 Å². The Morgan fingerprint density at radius 1 is 1.19 bits per heavy atom. The normalized spacial score (nSPS) is 13.8. The average Bonchev–Trinajstić information content (AvgIpc) is 2.49. The maximum atomic E-state index is 12.2. The standard InChI is InChI=1S/C16H23O4P/c1-3-19-15(17)16(13-21-18,20-4-2)12-8-11-14-9-6-5-7-10-14/h5-7,9-10H,3-4,8,11-13H2,1-2H3/p+1. The summed E-state index contributed by atoms with van der Waals surface area (Å²) in [6, 6.07) is 10.1. The fraction of sp³-hybridized carbons (Fsp3) is 0.562. The Kier molecular flexibility index (Phi) is 8.17. The summed E-state index contributed by atoms with van der Waals surface area (Å²) in [6.45, 7) is 4.29. The van der Waals surface area contributed by atoms with E-state index >= 15 is 0 Å². The summed E-state index contributed by atoms with van der Waals surface area (Å²) in [5.74, 6) is -0.400. The smallest absolute Gasteiger partial charge is 0.342 e. The number of benzene rings is 1. The van der Waals surface area contributed by atoms with Crippen LogP contribution in [0, 0.1) is 0 Å². The van der Waals surface area contributed by atoms with Crippen LogP contribution < -0.4 is 0 Å². The Morgan fingerprint density at radius 2 is 1.90 bits per heavy atom. The third kappa shape index (κ3) is 5.56. The van der Waals surface area contributed by atoms with Crippen molar-refractivity contribution in [1.29, 1.82) is 0 Å². The highest BCUT2D eigenvalue weighted by Gasteiger charge is 2.43. The van der Waals surface area contributed by atoms with Gasteiger partial charge in [-0.15, -0.1) is 0 Å².